The van der Waals surface area contributed by atoms with Crippen molar-refractivity contribution in [1.29, 1.82) is 0 Å². The molecule has 118 valence electrons. The molecule has 0 aliphatic carbocycles. The first kappa shape index (κ1) is 16.8. The first-order valence-electron chi connectivity index (χ1n) is 7.81. The molecule has 1 aliphatic rings. The Hall–Kier alpha value is -0.550. The lowest BCUT2D eigenvalue weighted by Crippen LogP contribution is -2.46. The summed E-state index contributed by atoms with van der Waals surface area (Å²) in [7, 11) is 2.08. The van der Waals surface area contributed by atoms with Crippen LogP contribution in [0.1, 0.15) is 19.4 Å². The molecule has 0 amide bonds. The van der Waals surface area contributed by atoms with Crippen molar-refractivity contribution in [3.05, 3.63) is 35.9 Å². The first-order chi connectivity index (χ1) is 10.0. The molecule has 0 spiro atoms. The van der Waals surface area contributed by atoms with Crippen molar-refractivity contribution in [3.8, 4) is 0 Å². The zero-order valence-corrected chi connectivity index (χ0v) is 14.2. The lowest BCUT2D eigenvalue weighted by molar-refractivity contribution is 0.0793. The second-order valence-electron chi connectivity index (χ2n) is 6.31. The molecule has 4 heteroatoms. The van der Waals surface area contributed by atoms with Gasteiger partial charge in [0.1, 0.15) is 0 Å². The number of benzene rings is 1. The third kappa shape index (κ3) is 5.99. The fourth-order valence-corrected chi connectivity index (χ4v) is 4.50. The Morgan fingerprint density at radius 3 is 2.48 bits per heavy atom. The second-order valence-corrected chi connectivity index (χ2v) is 8.19. The van der Waals surface area contributed by atoms with Gasteiger partial charge < -0.3 is 5.11 Å². The van der Waals surface area contributed by atoms with Crippen molar-refractivity contribution in [3.63, 3.8) is 0 Å². The highest BCUT2D eigenvalue weighted by Crippen LogP contribution is 2.24. The molecule has 1 aliphatic heterocycles. The Bertz CT molecular complexity index is 405. The molecule has 3 unspecified atom stereocenters. The fourth-order valence-electron chi connectivity index (χ4n) is 3.11. The maximum atomic E-state index is 10.3. The standard InChI is InChI=1S/C17H28N2OS/c1-14-9-19(10-15(2)21-14)13-17(20)12-18(3)11-16-7-5-4-6-8-16/h4-8,14-15,17,20H,9-13H2,1-3H3. The van der Waals surface area contributed by atoms with E-state index in [1.807, 2.05) is 6.07 Å². The fraction of sp³-hybridized carbons (Fsp3) is 0.647. The van der Waals surface area contributed by atoms with Crippen LogP contribution < -0.4 is 0 Å². The summed E-state index contributed by atoms with van der Waals surface area (Å²) in [5, 5.41) is 11.7. The SMILES string of the molecule is CC1CN(CC(O)CN(C)Cc2ccccc2)CC(C)S1. The number of likely N-dealkylation sites (N-methyl/N-ethyl adjacent to an activating group) is 1. The summed E-state index contributed by atoms with van der Waals surface area (Å²) < 4.78 is 0. The smallest absolute Gasteiger partial charge is 0.0793 e. The van der Waals surface area contributed by atoms with E-state index < -0.39 is 0 Å². The number of hydrogen-bond donors (Lipinski definition) is 1. The minimum Gasteiger partial charge on any atom is -0.390 e. The number of nitrogens with zero attached hydrogens (tertiary/aromatic N) is 2. The topological polar surface area (TPSA) is 26.7 Å². The molecule has 1 fully saturated rings. The van der Waals surface area contributed by atoms with E-state index in [0.717, 1.165) is 32.7 Å². The molecule has 1 saturated heterocycles. The molecule has 1 heterocycles. The average Bonchev–Trinajstić information content (AvgIpc) is 2.37. The molecule has 2 rings (SSSR count). The van der Waals surface area contributed by atoms with E-state index in [1.54, 1.807) is 0 Å². The van der Waals surface area contributed by atoms with E-state index in [2.05, 4.69) is 66.7 Å². The van der Waals surface area contributed by atoms with E-state index in [0.29, 0.717) is 10.5 Å². The van der Waals surface area contributed by atoms with Gasteiger partial charge in [0.25, 0.3) is 0 Å². The van der Waals surface area contributed by atoms with Crippen LogP contribution in [0, 0.1) is 0 Å². The summed E-state index contributed by atoms with van der Waals surface area (Å²) in [4.78, 5) is 4.61. The van der Waals surface area contributed by atoms with Gasteiger partial charge >= 0.3 is 0 Å². The number of hydrogen-bond acceptors (Lipinski definition) is 4. The predicted octanol–water partition coefficient (Wildman–Crippen LogP) is 2.31. The van der Waals surface area contributed by atoms with Gasteiger partial charge in [-0.25, -0.2) is 0 Å². The number of aliphatic hydroxyl groups excluding tert-OH is 1. The lowest BCUT2D eigenvalue weighted by atomic mass is 10.2. The van der Waals surface area contributed by atoms with Crippen LogP contribution in [0.3, 0.4) is 0 Å². The van der Waals surface area contributed by atoms with E-state index >= 15 is 0 Å². The van der Waals surface area contributed by atoms with Gasteiger partial charge in [0, 0.05) is 43.2 Å². The van der Waals surface area contributed by atoms with Crippen molar-refractivity contribution in [2.45, 2.75) is 37.0 Å². The van der Waals surface area contributed by atoms with Crippen LogP contribution in [0.4, 0.5) is 0 Å². The maximum Gasteiger partial charge on any atom is 0.0793 e. The highest BCUT2D eigenvalue weighted by atomic mass is 32.2. The van der Waals surface area contributed by atoms with Crippen molar-refractivity contribution in [1.82, 2.24) is 9.80 Å². The molecule has 1 N–H and O–H groups in total. The maximum absolute atomic E-state index is 10.3. The van der Waals surface area contributed by atoms with E-state index in [9.17, 15) is 5.11 Å². The Morgan fingerprint density at radius 1 is 1.24 bits per heavy atom. The zero-order valence-electron chi connectivity index (χ0n) is 13.4. The molecule has 0 radical (unpaired) electrons. The Labute approximate surface area is 133 Å². The van der Waals surface area contributed by atoms with Gasteiger partial charge in [0.2, 0.25) is 0 Å². The van der Waals surface area contributed by atoms with Gasteiger partial charge in [-0.05, 0) is 12.6 Å². The van der Waals surface area contributed by atoms with Gasteiger partial charge in [-0.1, -0.05) is 44.2 Å². The van der Waals surface area contributed by atoms with Crippen LogP contribution in [0.2, 0.25) is 0 Å². The van der Waals surface area contributed by atoms with Crippen LogP contribution in [0.15, 0.2) is 30.3 Å². The molecule has 21 heavy (non-hydrogen) atoms. The number of rotatable bonds is 6. The Kier molecular flexibility index (Phi) is 6.55. The number of β-amino-alcohol motifs (C(OH)–C–C–N with tert-alkyl or cyclic N) is 1. The molecule has 0 saturated carbocycles. The summed E-state index contributed by atoms with van der Waals surface area (Å²) >= 11 is 2.05. The van der Waals surface area contributed by atoms with E-state index in [1.165, 1.54) is 5.56 Å². The molecular formula is C17H28N2OS. The Balaban J connectivity index is 1.74. The normalized spacial score (nSPS) is 25.2. The molecule has 0 aromatic heterocycles. The predicted molar refractivity (Wildman–Crippen MR) is 91.7 cm³/mol. The average molecular weight is 308 g/mol. The van der Waals surface area contributed by atoms with Gasteiger partial charge in [-0.3, -0.25) is 9.80 Å². The summed E-state index contributed by atoms with van der Waals surface area (Å²) in [5.41, 5.74) is 1.30. The van der Waals surface area contributed by atoms with Crippen LogP contribution >= 0.6 is 11.8 Å². The van der Waals surface area contributed by atoms with Gasteiger partial charge in [0.15, 0.2) is 0 Å². The molecule has 0 bridgehead atoms. The van der Waals surface area contributed by atoms with Gasteiger partial charge in [-0.2, -0.15) is 11.8 Å². The third-order valence-electron chi connectivity index (χ3n) is 3.78. The van der Waals surface area contributed by atoms with Crippen LogP contribution in [0.25, 0.3) is 0 Å². The monoisotopic (exact) mass is 308 g/mol. The lowest BCUT2D eigenvalue weighted by Gasteiger charge is -2.36. The summed E-state index contributed by atoms with van der Waals surface area (Å²) in [5.74, 6) is 0. The number of aliphatic hydroxyl groups is 1. The van der Waals surface area contributed by atoms with Crippen LogP contribution in [-0.4, -0.2) is 64.7 Å². The highest BCUT2D eigenvalue weighted by Gasteiger charge is 2.24. The van der Waals surface area contributed by atoms with Gasteiger partial charge in [0.05, 0.1) is 6.10 Å². The zero-order chi connectivity index (χ0) is 15.2. The van der Waals surface area contributed by atoms with Crippen molar-refractivity contribution in [2.75, 3.05) is 33.2 Å². The van der Waals surface area contributed by atoms with E-state index in [-0.39, 0.29) is 6.10 Å². The molecule has 1 aromatic rings. The first-order valence-corrected chi connectivity index (χ1v) is 8.75. The molecule has 1 aromatic carbocycles. The number of thioether (sulfide) groups is 1. The van der Waals surface area contributed by atoms with Crippen molar-refractivity contribution < 1.29 is 5.11 Å². The molecule has 3 nitrogen and oxygen atoms in total. The third-order valence-corrected chi connectivity index (χ3v) is 5.01. The summed E-state index contributed by atoms with van der Waals surface area (Å²) in [6.45, 7) is 9.14. The quantitative estimate of drug-likeness (QED) is 0.872. The Morgan fingerprint density at radius 2 is 1.86 bits per heavy atom. The minimum absolute atomic E-state index is 0.277. The van der Waals surface area contributed by atoms with Crippen LogP contribution in [0.5, 0.6) is 0 Å². The summed E-state index contributed by atoms with van der Waals surface area (Å²) in [6, 6.07) is 10.4. The second kappa shape index (κ2) is 8.18. The highest BCUT2D eigenvalue weighted by molar-refractivity contribution is 8.00. The van der Waals surface area contributed by atoms with Gasteiger partial charge in [-0.15, -0.1) is 0 Å². The summed E-state index contributed by atoms with van der Waals surface area (Å²) in [6.07, 6.45) is -0.277. The largest absolute Gasteiger partial charge is 0.390 e. The van der Waals surface area contributed by atoms with Crippen molar-refractivity contribution >= 4 is 11.8 Å². The molecule has 3 atom stereocenters. The van der Waals surface area contributed by atoms with Crippen molar-refractivity contribution in [2.24, 2.45) is 0 Å². The van der Waals surface area contributed by atoms with Crippen LogP contribution in [-0.2, 0) is 6.54 Å². The van der Waals surface area contributed by atoms with E-state index in [4.69, 9.17) is 0 Å². The minimum atomic E-state index is -0.277. The molecular weight excluding hydrogens is 280 g/mol.